The maximum Gasteiger partial charge on any atom is 0.325 e. The molecule has 0 spiro atoms. The molecule has 0 amide bonds. The zero-order valence-electron chi connectivity index (χ0n) is 11.0. The lowest BCUT2D eigenvalue weighted by molar-refractivity contribution is -0.144. The fourth-order valence-electron chi connectivity index (χ4n) is 1.94. The Morgan fingerprint density at radius 2 is 2.21 bits per heavy atom. The second-order valence-corrected chi connectivity index (χ2v) is 4.45. The van der Waals surface area contributed by atoms with Gasteiger partial charge in [-0.25, -0.2) is 0 Å². The lowest BCUT2D eigenvalue weighted by Gasteiger charge is -2.06. The van der Waals surface area contributed by atoms with E-state index in [4.69, 9.17) is 4.74 Å². The smallest absolute Gasteiger partial charge is 0.325 e. The van der Waals surface area contributed by atoms with Gasteiger partial charge in [0, 0.05) is 22.7 Å². The summed E-state index contributed by atoms with van der Waals surface area (Å²) < 4.78 is 6.97. The van der Waals surface area contributed by atoms with Crippen molar-refractivity contribution in [2.45, 2.75) is 26.3 Å². The number of hydrogen-bond acceptors (Lipinski definition) is 3. The molecule has 0 unspecified atom stereocenters. The first kappa shape index (κ1) is 13.3. The van der Waals surface area contributed by atoms with Gasteiger partial charge in [-0.1, -0.05) is 13.3 Å². The fourth-order valence-corrected chi connectivity index (χ4v) is 1.94. The van der Waals surface area contributed by atoms with Crippen LogP contribution in [-0.4, -0.2) is 23.4 Å². The normalized spacial score (nSPS) is 10.6. The molecule has 100 valence electrons. The Bertz CT molecular complexity index is 586. The summed E-state index contributed by atoms with van der Waals surface area (Å²) in [6, 6.07) is 7.29. The SMILES string of the molecule is CCCCOC(=O)Cn1ccc2cc(C=O)ccc21. The van der Waals surface area contributed by atoms with Gasteiger partial charge in [0.1, 0.15) is 12.8 Å². The second kappa shape index (κ2) is 6.18. The van der Waals surface area contributed by atoms with Crippen molar-refractivity contribution in [3.63, 3.8) is 0 Å². The molecular formula is C15H17NO3. The van der Waals surface area contributed by atoms with Crippen molar-refractivity contribution in [2.75, 3.05) is 6.61 Å². The van der Waals surface area contributed by atoms with Crippen LogP contribution in [0.5, 0.6) is 0 Å². The molecule has 0 aliphatic rings. The molecule has 4 nitrogen and oxygen atoms in total. The van der Waals surface area contributed by atoms with Gasteiger partial charge >= 0.3 is 5.97 Å². The summed E-state index contributed by atoms with van der Waals surface area (Å²) >= 11 is 0. The van der Waals surface area contributed by atoms with Gasteiger partial charge in [-0.15, -0.1) is 0 Å². The van der Waals surface area contributed by atoms with Crippen LogP contribution in [0.3, 0.4) is 0 Å². The average molecular weight is 259 g/mol. The Morgan fingerprint density at radius 1 is 1.37 bits per heavy atom. The molecule has 0 saturated carbocycles. The van der Waals surface area contributed by atoms with Crippen molar-refractivity contribution in [1.29, 1.82) is 0 Å². The molecule has 1 aromatic heterocycles. The summed E-state index contributed by atoms with van der Waals surface area (Å²) in [5.41, 5.74) is 1.56. The molecule has 0 aliphatic carbocycles. The van der Waals surface area contributed by atoms with Crippen molar-refractivity contribution in [2.24, 2.45) is 0 Å². The Kier molecular flexibility index (Phi) is 4.34. The molecule has 0 bridgehead atoms. The number of benzene rings is 1. The van der Waals surface area contributed by atoms with Gasteiger partial charge in [-0.3, -0.25) is 9.59 Å². The van der Waals surface area contributed by atoms with Crippen LogP contribution >= 0.6 is 0 Å². The van der Waals surface area contributed by atoms with E-state index in [9.17, 15) is 9.59 Å². The number of aldehydes is 1. The predicted molar refractivity (Wildman–Crippen MR) is 73.2 cm³/mol. The molecule has 0 saturated heterocycles. The third kappa shape index (κ3) is 3.22. The first-order chi connectivity index (χ1) is 9.24. The van der Waals surface area contributed by atoms with E-state index in [0.717, 1.165) is 30.0 Å². The van der Waals surface area contributed by atoms with Crippen molar-refractivity contribution in [1.82, 2.24) is 4.57 Å². The molecular weight excluding hydrogens is 242 g/mol. The second-order valence-electron chi connectivity index (χ2n) is 4.45. The lowest BCUT2D eigenvalue weighted by Crippen LogP contribution is -2.13. The van der Waals surface area contributed by atoms with Crippen LogP contribution in [-0.2, 0) is 16.1 Å². The maximum absolute atomic E-state index is 11.7. The Morgan fingerprint density at radius 3 is 2.95 bits per heavy atom. The van der Waals surface area contributed by atoms with Crippen LogP contribution in [0.4, 0.5) is 0 Å². The highest BCUT2D eigenvalue weighted by atomic mass is 16.5. The zero-order chi connectivity index (χ0) is 13.7. The van der Waals surface area contributed by atoms with E-state index >= 15 is 0 Å². The highest BCUT2D eigenvalue weighted by Gasteiger charge is 2.07. The first-order valence-electron chi connectivity index (χ1n) is 6.44. The van der Waals surface area contributed by atoms with Crippen molar-refractivity contribution >= 4 is 23.2 Å². The predicted octanol–water partition coefficient (Wildman–Crippen LogP) is 2.80. The summed E-state index contributed by atoms with van der Waals surface area (Å²) in [6.07, 6.45) is 4.55. The van der Waals surface area contributed by atoms with Crippen molar-refractivity contribution in [3.05, 3.63) is 36.0 Å². The number of carbonyl (C=O) groups is 2. The largest absolute Gasteiger partial charge is 0.464 e. The summed E-state index contributed by atoms with van der Waals surface area (Å²) in [4.78, 5) is 22.4. The van der Waals surface area contributed by atoms with Crippen LogP contribution < -0.4 is 0 Å². The molecule has 0 aliphatic heterocycles. The molecule has 0 radical (unpaired) electrons. The minimum absolute atomic E-state index is 0.202. The molecule has 19 heavy (non-hydrogen) atoms. The Labute approximate surface area is 112 Å². The minimum Gasteiger partial charge on any atom is -0.464 e. The number of fused-ring (bicyclic) bond motifs is 1. The molecule has 0 N–H and O–H groups in total. The van der Waals surface area contributed by atoms with Crippen LogP contribution in [0.2, 0.25) is 0 Å². The fraction of sp³-hybridized carbons (Fsp3) is 0.333. The van der Waals surface area contributed by atoms with Crippen molar-refractivity contribution < 1.29 is 14.3 Å². The van der Waals surface area contributed by atoms with E-state index in [1.165, 1.54) is 0 Å². The summed E-state index contributed by atoms with van der Waals surface area (Å²) in [6.45, 7) is 2.73. The van der Waals surface area contributed by atoms with Gasteiger partial charge in [0.05, 0.1) is 6.61 Å². The summed E-state index contributed by atoms with van der Waals surface area (Å²) in [7, 11) is 0. The molecule has 2 rings (SSSR count). The van der Waals surface area contributed by atoms with Gasteiger partial charge < -0.3 is 9.30 Å². The summed E-state index contributed by atoms with van der Waals surface area (Å²) in [5, 5.41) is 0.950. The molecule has 0 fully saturated rings. The van der Waals surface area contributed by atoms with Crippen LogP contribution in [0, 0.1) is 0 Å². The third-order valence-corrected chi connectivity index (χ3v) is 2.99. The number of esters is 1. The monoisotopic (exact) mass is 259 g/mol. The highest BCUT2D eigenvalue weighted by Crippen LogP contribution is 2.17. The topological polar surface area (TPSA) is 48.3 Å². The Balaban J connectivity index is 2.08. The molecule has 1 heterocycles. The van der Waals surface area contributed by atoms with E-state index < -0.39 is 0 Å². The molecule has 1 aromatic carbocycles. The standard InChI is InChI=1S/C15H17NO3/c1-2-3-8-19-15(18)10-16-7-6-13-9-12(11-17)4-5-14(13)16/h4-7,9,11H,2-3,8,10H2,1H3. The van der Waals surface area contributed by atoms with E-state index in [2.05, 4.69) is 6.92 Å². The minimum atomic E-state index is -0.231. The van der Waals surface area contributed by atoms with Gasteiger partial charge in [0.2, 0.25) is 0 Å². The number of carbonyl (C=O) groups excluding carboxylic acids is 2. The molecule has 0 atom stereocenters. The molecule has 4 heteroatoms. The van der Waals surface area contributed by atoms with Crippen LogP contribution in [0.15, 0.2) is 30.5 Å². The van der Waals surface area contributed by atoms with Crippen molar-refractivity contribution in [3.8, 4) is 0 Å². The lowest BCUT2D eigenvalue weighted by atomic mass is 10.2. The van der Waals surface area contributed by atoms with E-state index in [-0.39, 0.29) is 12.5 Å². The molecule has 2 aromatic rings. The Hall–Kier alpha value is -2.10. The average Bonchev–Trinajstić information content (AvgIpc) is 2.81. The van der Waals surface area contributed by atoms with Gasteiger partial charge in [0.15, 0.2) is 0 Å². The van der Waals surface area contributed by atoms with E-state index in [1.54, 1.807) is 12.1 Å². The van der Waals surface area contributed by atoms with E-state index in [0.29, 0.717) is 12.2 Å². The van der Waals surface area contributed by atoms with E-state index in [1.807, 2.05) is 22.9 Å². The number of aromatic nitrogens is 1. The third-order valence-electron chi connectivity index (χ3n) is 2.99. The van der Waals surface area contributed by atoms with Gasteiger partial charge in [-0.2, -0.15) is 0 Å². The van der Waals surface area contributed by atoms with Crippen LogP contribution in [0.25, 0.3) is 10.9 Å². The number of nitrogens with zero attached hydrogens (tertiary/aromatic N) is 1. The van der Waals surface area contributed by atoms with Crippen LogP contribution in [0.1, 0.15) is 30.1 Å². The first-order valence-corrected chi connectivity index (χ1v) is 6.44. The number of hydrogen-bond donors (Lipinski definition) is 0. The highest BCUT2D eigenvalue weighted by molar-refractivity contribution is 5.88. The maximum atomic E-state index is 11.7. The summed E-state index contributed by atoms with van der Waals surface area (Å²) in [5.74, 6) is -0.231. The quantitative estimate of drug-likeness (QED) is 0.455. The van der Waals surface area contributed by atoms with Gasteiger partial charge in [-0.05, 0) is 30.7 Å². The number of unbranched alkanes of at least 4 members (excludes halogenated alkanes) is 1. The zero-order valence-corrected chi connectivity index (χ0v) is 11.0. The number of rotatable bonds is 6. The number of ether oxygens (including phenoxy) is 1. The van der Waals surface area contributed by atoms with Gasteiger partial charge in [0.25, 0.3) is 0 Å².